The van der Waals surface area contributed by atoms with E-state index in [9.17, 15) is 4.79 Å². The monoisotopic (exact) mass is 304 g/mol. The van der Waals surface area contributed by atoms with Crippen LogP contribution in [0.2, 0.25) is 0 Å². The van der Waals surface area contributed by atoms with Gasteiger partial charge in [-0.05, 0) is 24.1 Å². The van der Waals surface area contributed by atoms with Gasteiger partial charge in [-0.25, -0.2) is 0 Å². The van der Waals surface area contributed by atoms with Crippen molar-refractivity contribution >= 4 is 5.97 Å². The van der Waals surface area contributed by atoms with Crippen LogP contribution in [0.3, 0.4) is 0 Å². The van der Waals surface area contributed by atoms with Gasteiger partial charge < -0.3 is 18.9 Å². The summed E-state index contributed by atoms with van der Waals surface area (Å²) in [5.74, 6) is 1.96. The van der Waals surface area contributed by atoms with Crippen LogP contribution in [0.1, 0.15) is 17.9 Å². The molecule has 1 heterocycles. The molecule has 0 spiro atoms. The summed E-state index contributed by atoms with van der Waals surface area (Å²) in [6.07, 6.45) is 4.95. The third-order valence-electron chi connectivity index (χ3n) is 4.50. The van der Waals surface area contributed by atoms with E-state index < -0.39 is 0 Å². The Labute approximate surface area is 129 Å². The van der Waals surface area contributed by atoms with E-state index in [-0.39, 0.29) is 23.7 Å². The molecule has 1 saturated heterocycles. The van der Waals surface area contributed by atoms with Crippen LogP contribution in [0, 0.1) is 11.8 Å². The highest BCUT2D eigenvalue weighted by Crippen LogP contribution is 2.46. The topological polar surface area (TPSA) is 54.0 Å². The van der Waals surface area contributed by atoms with Gasteiger partial charge in [-0.15, -0.1) is 0 Å². The van der Waals surface area contributed by atoms with Crippen LogP contribution in [0.5, 0.6) is 17.2 Å². The molecule has 0 aromatic heterocycles. The molecule has 0 unspecified atom stereocenters. The molecule has 0 N–H and O–H groups in total. The van der Waals surface area contributed by atoms with E-state index in [4.69, 9.17) is 18.9 Å². The van der Waals surface area contributed by atoms with Gasteiger partial charge in [0.15, 0.2) is 11.5 Å². The van der Waals surface area contributed by atoms with Gasteiger partial charge in [0, 0.05) is 11.8 Å². The predicted molar refractivity (Wildman–Crippen MR) is 80.5 cm³/mol. The number of hydrogen-bond acceptors (Lipinski definition) is 5. The Hall–Kier alpha value is -2.17. The maximum absolute atomic E-state index is 11.8. The first kappa shape index (κ1) is 14.8. The highest BCUT2D eigenvalue weighted by Gasteiger charge is 2.42. The standard InChI is InChI=1S/C17H20O5/c1-19-14-7-10(8-15(20-2)16(14)21-3)11-5-4-6-12-13(11)9-22-17(12)18/h4-5,7-8,11-13H,6,9H2,1-3H3/t11-,12+,13-/m1/s1. The fourth-order valence-electron chi connectivity index (χ4n) is 3.37. The van der Waals surface area contributed by atoms with Crippen LogP contribution in [0.4, 0.5) is 0 Å². The largest absolute Gasteiger partial charge is 0.493 e. The number of esters is 1. The molecule has 0 bridgehead atoms. The molecule has 1 aromatic carbocycles. The minimum Gasteiger partial charge on any atom is -0.493 e. The van der Waals surface area contributed by atoms with Crippen LogP contribution in [0.25, 0.3) is 0 Å². The molecular weight excluding hydrogens is 284 g/mol. The number of allylic oxidation sites excluding steroid dienone is 2. The summed E-state index contributed by atoms with van der Waals surface area (Å²) in [4.78, 5) is 11.8. The SMILES string of the molecule is COc1cc([C@H]2C=CC[C@@H]3C(=O)OC[C@@H]32)cc(OC)c1OC. The molecule has 22 heavy (non-hydrogen) atoms. The summed E-state index contributed by atoms with van der Waals surface area (Å²) in [7, 11) is 4.78. The Kier molecular flexibility index (Phi) is 3.96. The van der Waals surface area contributed by atoms with Crippen molar-refractivity contribution in [2.45, 2.75) is 12.3 Å². The molecule has 5 nitrogen and oxygen atoms in total. The molecule has 2 aliphatic rings. The van der Waals surface area contributed by atoms with Crippen LogP contribution in [-0.2, 0) is 9.53 Å². The maximum atomic E-state index is 11.8. The highest BCUT2D eigenvalue weighted by atomic mass is 16.5. The molecule has 5 heteroatoms. The fourth-order valence-corrected chi connectivity index (χ4v) is 3.37. The summed E-state index contributed by atoms with van der Waals surface area (Å²) in [5, 5.41) is 0. The highest BCUT2D eigenvalue weighted by molar-refractivity contribution is 5.75. The zero-order chi connectivity index (χ0) is 15.7. The van der Waals surface area contributed by atoms with Crippen LogP contribution < -0.4 is 14.2 Å². The van der Waals surface area contributed by atoms with Crippen molar-refractivity contribution in [3.8, 4) is 17.2 Å². The lowest BCUT2D eigenvalue weighted by Crippen LogP contribution is -2.24. The molecule has 1 aliphatic carbocycles. The van der Waals surface area contributed by atoms with Crippen molar-refractivity contribution < 1.29 is 23.7 Å². The molecule has 3 rings (SSSR count). The molecule has 118 valence electrons. The lowest BCUT2D eigenvalue weighted by Gasteiger charge is -2.27. The van der Waals surface area contributed by atoms with Crippen molar-refractivity contribution in [3.63, 3.8) is 0 Å². The summed E-state index contributed by atoms with van der Waals surface area (Å²) < 4.78 is 21.4. The van der Waals surface area contributed by atoms with Gasteiger partial charge in [0.1, 0.15) is 0 Å². The molecular formula is C17H20O5. The van der Waals surface area contributed by atoms with Crippen molar-refractivity contribution in [2.75, 3.05) is 27.9 Å². The number of cyclic esters (lactones) is 1. The van der Waals surface area contributed by atoms with Crippen molar-refractivity contribution in [1.29, 1.82) is 0 Å². The van der Waals surface area contributed by atoms with Gasteiger partial charge in [0.25, 0.3) is 0 Å². The first-order valence-electron chi connectivity index (χ1n) is 7.32. The Bertz CT molecular complexity index is 582. The van der Waals surface area contributed by atoms with Gasteiger partial charge in [-0.1, -0.05) is 12.2 Å². The Morgan fingerprint density at radius 1 is 1.09 bits per heavy atom. The fraction of sp³-hybridized carbons (Fsp3) is 0.471. The Morgan fingerprint density at radius 3 is 2.36 bits per heavy atom. The van der Waals surface area contributed by atoms with Gasteiger partial charge in [-0.3, -0.25) is 4.79 Å². The smallest absolute Gasteiger partial charge is 0.309 e. The van der Waals surface area contributed by atoms with E-state index >= 15 is 0 Å². The van der Waals surface area contributed by atoms with E-state index in [0.29, 0.717) is 23.9 Å². The molecule has 0 amide bonds. The number of benzene rings is 1. The third-order valence-corrected chi connectivity index (χ3v) is 4.50. The minimum atomic E-state index is -0.0909. The number of carbonyl (C=O) groups is 1. The average Bonchev–Trinajstić information content (AvgIpc) is 2.94. The van der Waals surface area contributed by atoms with Crippen LogP contribution in [0.15, 0.2) is 24.3 Å². The van der Waals surface area contributed by atoms with E-state index in [0.717, 1.165) is 12.0 Å². The first-order chi connectivity index (χ1) is 10.7. The summed E-state index contributed by atoms with van der Waals surface area (Å²) >= 11 is 0. The lowest BCUT2D eigenvalue weighted by atomic mass is 9.74. The van der Waals surface area contributed by atoms with E-state index in [2.05, 4.69) is 12.2 Å². The number of methoxy groups -OCH3 is 3. The quantitative estimate of drug-likeness (QED) is 0.632. The Morgan fingerprint density at radius 2 is 1.77 bits per heavy atom. The second-order valence-electron chi connectivity index (χ2n) is 5.55. The number of carbonyl (C=O) groups excluding carboxylic acids is 1. The van der Waals surface area contributed by atoms with Crippen LogP contribution >= 0.6 is 0 Å². The average molecular weight is 304 g/mol. The van der Waals surface area contributed by atoms with Gasteiger partial charge in [0.05, 0.1) is 33.9 Å². The molecule has 1 aromatic rings. The summed E-state index contributed by atoms with van der Waals surface area (Å²) in [5.41, 5.74) is 1.04. The third kappa shape index (κ3) is 2.30. The second kappa shape index (κ2) is 5.91. The minimum absolute atomic E-state index is 0.0471. The van der Waals surface area contributed by atoms with Crippen molar-refractivity contribution in [2.24, 2.45) is 11.8 Å². The van der Waals surface area contributed by atoms with E-state index in [1.54, 1.807) is 21.3 Å². The van der Waals surface area contributed by atoms with Gasteiger partial charge in [-0.2, -0.15) is 0 Å². The zero-order valence-electron chi connectivity index (χ0n) is 13.0. The number of rotatable bonds is 4. The van der Waals surface area contributed by atoms with Crippen molar-refractivity contribution in [1.82, 2.24) is 0 Å². The number of hydrogen-bond donors (Lipinski definition) is 0. The molecule has 1 aliphatic heterocycles. The summed E-state index contributed by atoms with van der Waals surface area (Å²) in [6, 6.07) is 3.89. The van der Waals surface area contributed by atoms with Crippen molar-refractivity contribution in [3.05, 3.63) is 29.8 Å². The van der Waals surface area contributed by atoms with Gasteiger partial charge >= 0.3 is 5.97 Å². The normalized spacial score (nSPS) is 26.3. The molecule has 0 saturated carbocycles. The first-order valence-corrected chi connectivity index (χ1v) is 7.32. The second-order valence-corrected chi connectivity index (χ2v) is 5.55. The number of fused-ring (bicyclic) bond motifs is 1. The Balaban J connectivity index is 2.02. The maximum Gasteiger partial charge on any atom is 0.309 e. The van der Waals surface area contributed by atoms with Crippen LogP contribution in [-0.4, -0.2) is 33.9 Å². The molecule has 0 radical (unpaired) electrons. The number of ether oxygens (including phenoxy) is 4. The lowest BCUT2D eigenvalue weighted by molar-refractivity contribution is -0.141. The van der Waals surface area contributed by atoms with E-state index in [1.807, 2.05) is 12.1 Å². The predicted octanol–water partition coefficient (Wildman–Crippen LogP) is 2.55. The molecule has 3 atom stereocenters. The zero-order valence-corrected chi connectivity index (χ0v) is 13.0. The van der Waals surface area contributed by atoms with Gasteiger partial charge in [0.2, 0.25) is 5.75 Å². The summed E-state index contributed by atoms with van der Waals surface area (Å²) in [6.45, 7) is 0.467. The molecule has 1 fully saturated rings. The van der Waals surface area contributed by atoms with E-state index in [1.165, 1.54) is 0 Å².